The summed E-state index contributed by atoms with van der Waals surface area (Å²) < 4.78 is 5.47. The summed E-state index contributed by atoms with van der Waals surface area (Å²) in [6, 6.07) is 0.387. The van der Waals surface area contributed by atoms with Crippen LogP contribution in [0.25, 0.3) is 0 Å². The molecule has 0 bridgehead atoms. The van der Waals surface area contributed by atoms with Crippen LogP contribution in [0.15, 0.2) is 12.7 Å². The minimum atomic E-state index is 0.136. The van der Waals surface area contributed by atoms with E-state index in [9.17, 15) is 0 Å². The first-order chi connectivity index (χ1) is 5.72. The minimum Gasteiger partial charge on any atom is -0.377 e. The van der Waals surface area contributed by atoms with Crippen molar-refractivity contribution in [1.82, 2.24) is 5.32 Å². The molecule has 1 aliphatic carbocycles. The molecule has 70 valence electrons. The van der Waals surface area contributed by atoms with Crippen LogP contribution in [-0.2, 0) is 4.74 Å². The first kappa shape index (κ1) is 9.75. The quantitative estimate of drug-likeness (QED) is 0.633. The molecule has 0 heterocycles. The molecule has 0 spiro atoms. The Morgan fingerprint density at radius 2 is 2.33 bits per heavy atom. The molecule has 1 atom stereocenters. The van der Waals surface area contributed by atoms with Gasteiger partial charge in [0.1, 0.15) is 0 Å². The third-order valence-corrected chi connectivity index (χ3v) is 2.80. The van der Waals surface area contributed by atoms with Crippen LogP contribution in [0.1, 0.15) is 26.2 Å². The molecule has 2 nitrogen and oxygen atoms in total. The highest BCUT2D eigenvalue weighted by Crippen LogP contribution is 2.34. The Morgan fingerprint density at radius 3 is 2.67 bits per heavy atom. The highest BCUT2D eigenvalue weighted by Gasteiger charge is 2.36. The molecule has 1 unspecified atom stereocenters. The van der Waals surface area contributed by atoms with Crippen LogP contribution in [-0.4, -0.2) is 25.3 Å². The molecule has 12 heavy (non-hydrogen) atoms. The normalized spacial score (nSPS) is 22.8. The highest BCUT2D eigenvalue weighted by atomic mass is 16.5. The lowest BCUT2D eigenvalue weighted by molar-refractivity contribution is -0.0699. The van der Waals surface area contributed by atoms with Crippen molar-refractivity contribution in [2.24, 2.45) is 0 Å². The van der Waals surface area contributed by atoms with E-state index in [0.29, 0.717) is 6.04 Å². The van der Waals surface area contributed by atoms with Crippen molar-refractivity contribution in [3.8, 4) is 0 Å². The topological polar surface area (TPSA) is 21.3 Å². The molecule has 0 radical (unpaired) electrons. The first-order valence-electron chi connectivity index (χ1n) is 4.63. The average Bonchev–Trinajstić information content (AvgIpc) is 2.03. The van der Waals surface area contributed by atoms with Gasteiger partial charge in [0.25, 0.3) is 0 Å². The Balaban J connectivity index is 2.24. The van der Waals surface area contributed by atoms with Crippen molar-refractivity contribution in [2.75, 3.05) is 13.7 Å². The number of ether oxygens (including phenoxy) is 1. The van der Waals surface area contributed by atoms with Crippen LogP contribution >= 0.6 is 0 Å². The van der Waals surface area contributed by atoms with E-state index in [1.54, 1.807) is 7.11 Å². The molecule has 0 aromatic heterocycles. The van der Waals surface area contributed by atoms with Crippen molar-refractivity contribution < 1.29 is 4.74 Å². The summed E-state index contributed by atoms with van der Waals surface area (Å²) in [5.41, 5.74) is 0.136. The van der Waals surface area contributed by atoms with E-state index in [1.807, 2.05) is 6.08 Å². The summed E-state index contributed by atoms with van der Waals surface area (Å²) in [5, 5.41) is 3.38. The van der Waals surface area contributed by atoms with Crippen molar-refractivity contribution in [3.05, 3.63) is 12.7 Å². The fourth-order valence-electron chi connectivity index (χ4n) is 1.45. The molecule has 1 saturated carbocycles. The standard InChI is InChI=1S/C10H19NO/c1-4-9(2)11-8-10(12-3)6-5-7-10/h4,9,11H,1,5-8H2,2-3H3. The van der Waals surface area contributed by atoms with Gasteiger partial charge in [0.05, 0.1) is 5.60 Å². The predicted molar refractivity (Wildman–Crippen MR) is 51.3 cm³/mol. The summed E-state index contributed by atoms with van der Waals surface area (Å²) in [4.78, 5) is 0. The summed E-state index contributed by atoms with van der Waals surface area (Å²) in [7, 11) is 1.80. The van der Waals surface area contributed by atoms with E-state index in [0.717, 1.165) is 6.54 Å². The molecule has 0 saturated heterocycles. The second-order valence-corrected chi connectivity index (χ2v) is 3.65. The summed E-state index contributed by atoms with van der Waals surface area (Å²) in [6.07, 6.45) is 5.61. The lowest BCUT2D eigenvalue weighted by Gasteiger charge is -2.41. The van der Waals surface area contributed by atoms with Gasteiger partial charge in [0, 0.05) is 19.7 Å². The zero-order valence-corrected chi connectivity index (χ0v) is 8.10. The predicted octanol–water partition coefficient (Wildman–Crippen LogP) is 1.72. The first-order valence-corrected chi connectivity index (χ1v) is 4.63. The van der Waals surface area contributed by atoms with Crippen LogP contribution in [0.5, 0.6) is 0 Å². The largest absolute Gasteiger partial charge is 0.377 e. The third-order valence-electron chi connectivity index (χ3n) is 2.80. The van der Waals surface area contributed by atoms with E-state index in [-0.39, 0.29) is 5.60 Å². The summed E-state index contributed by atoms with van der Waals surface area (Å²) in [6.45, 7) is 6.79. The third kappa shape index (κ3) is 2.08. The Hall–Kier alpha value is -0.340. The molecule has 0 aromatic carbocycles. The van der Waals surface area contributed by atoms with Crippen molar-refractivity contribution in [1.29, 1.82) is 0 Å². The van der Waals surface area contributed by atoms with Gasteiger partial charge in [-0.2, -0.15) is 0 Å². The molecule has 2 heteroatoms. The Bertz CT molecular complexity index is 146. The zero-order chi connectivity index (χ0) is 9.03. The van der Waals surface area contributed by atoms with Crippen LogP contribution < -0.4 is 5.32 Å². The second-order valence-electron chi connectivity index (χ2n) is 3.65. The average molecular weight is 169 g/mol. The Morgan fingerprint density at radius 1 is 1.67 bits per heavy atom. The van der Waals surface area contributed by atoms with Gasteiger partial charge in [-0.3, -0.25) is 0 Å². The summed E-state index contributed by atoms with van der Waals surface area (Å²) in [5.74, 6) is 0. The van der Waals surface area contributed by atoms with E-state index in [1.165, 1.54) is 19.3 Å². The minimum absolute atomic E-state index is 0.136. The molecule has 0 amide bonds. The molecule has 0 aromatic rings. The van der Waals surface area contributed by atoms with E-state index in [2.05, 4.69) is 18.8 Å². The van der Waals surface area contributed by atoms with Gasteiger partial charge in [-0.25, -0.2) is 0 Å². The molecule has 1 fully saturated rings. The van der Waals surface area contributed by atoms with Gasteiger partial charge >= 0.3 is 0 Å². The Kier molecular flexibility index (Phi) is 3.29. The van der Waals surface area contributed by atoms with Gasteiger partial charge in [-0.1, -0.05) is 6.08 Å². The number of nitrogens with one attached hydrogen (secondary N) is 1. The van der Waals surface area contributed by atoms with Gasteiger partial charge in [0.2, 0.25) is 0 Å². The molecule has 1 aliphatic rings. The van der Waals surface area contributed by atoms with E-state index >= 15 is 0 Å². The fraction of sp³-hybridized carbons (Fsp3) is 0.800. The highest BCUT2D eigenvalue weighted by molar-refractivity contribution is 4.93. The Labute approximate surface area is 75.0 Å². The van der Waals surface area contributed by atoms with Gasteiger partial charge in [-0.15, -0.1) is 6.58 Å². The van der Waals surface area contributed by atoms with Gasteiger partial charge < -0.3 is 10.1 Å². The van der Waals surface area contributed by atoms with E-state index < -0.39 is 0 Å². The number of hydrogen-bond acceptors (Lipinski definition) is 2. The smallest absolute Gasteiger partial charge is 0.0802 e. The van der Waals surface area contributed by atoms with Crippen molar-refractivity contribution in [3.63, 3.8) is 0 Å². The number of methoxy groups -OCH3 is 1. The molecule has 0 aliphatic heterocycles. The maximum absolute atomic E-state index is 5.47. The number of rotatable bonds is 5. The van der Waals surface area contributed by atoms with Gasteiger partial charge in [0.15, 0.2) is 0 Å². The summed E-state index contributed by atoms with van der Waals surface area (Å²) >= 11 is 0. The molecule has 1 rings (SSSR count). The van der Waals surface area contributed by atoms with E-state index in [4.69, 9.17) is 4.74 Å². The maximum atomic E-state index is 5.47. The molecular formula is C10H19NO. The van der Waals surface area contributed by atoms with Crippen LogP contribution in [0.2, 0.25) is 0 Å². The van der Waals surface area contributed by atoms with Crippen molar-refractivity contribution in [2.45, 2.75) is 37.8 Å². The monoisotopic (exact) mass is 169 g/mol. The SMILES string of the molecule is C=CC(C)NCC1(OC)CCC1. The van der Waals surface area contributed by atoms with Crippen LogP contribution in [0, 0.1) is 0 Å². The molecule has 1 N–H and O–H groups in total. The second kappa shape index (κ2) is 4.06. The fourth-order valence-corrected chi connectivity index (χ4v) is 1.45. The lowest BCUT2D eigenvalue weighted by atomic mass is 9.80. The number of hydrogen-bond donors (Lipinski definition) is 1. The zero-order valence-electron chi connectivity index (χ0n) is 8.10. The van der Waals surface area contributed by atoms with Crippen molar-refractivity contribution >= 4 is 0 Å². The molecular weight excluding hydrogens is 150 g/mol. The maximum Gasteiger partial charge on any atom is 0.0802 e. The van der Waals surface area contributed by atoms with Crippen LogP contribution in [0.3, 0.4) is 0 Å². The van der Waals surface area contributed by atoms with Gasteiger partial charge in [-0.05, 0) is 26.2 Å². The lowest BCUT2D eigenvalue weighted by Crippen LogP contribution is -2.49. The van der Waals surface area contributed by atoms with Crippen LogP contribution in [0.4, 0.5) is 0 Å².